The van der Waals surface area contributed by atoms with Gasteiger partial charge in [-0.15, -0.1) is 5.10 Å². The summed E-state index contributed by atoms with van der Waals surface area (Å²) in [5.74, 6) is -0.148. The Morgan fingerprint density at radius 1 is 1.17 bits per heavy atom. The summed E-state index contributed by atoms with van der Waals surface area (Å²) in [4.78, 5) is 12.4. The molecule has 0 spiro atoms. The maximum Gasteiger partial charge on any atom is 0.401 e. The van der Waals surface area contributed by atoms with Gasteiger partial charge in [-0.1, -0.05) is 6.07 Å². The molecule has 5 rings (SSSR count). The first-order valence-corrected chi connectivity index (χ1v) is 11.6. The number of H-pyrrole nitrogens is 1. The van der Waals surface area contributed by atoms with Gasteiger partial charge in [-0.2, -0.15) is 17.6 Å². The van der Waals surface area contributed by atoms with Crippen LogP contribution in [0.5, 0.6) is 0 Å². The minimum Gasteiger partial charge on any atom is -0.363 e. The lowest BCUT2D eigenvalue weighted by molar-refractivity contribution is -0.155. The Morgan fingerprint density at radius 3 is 2.66 bits per heavy atom. The number of nitrogens with zero attached hydrogens (tertiary/aromatic N) is 5. The van der Waals surface area contributed by atoms with Gasteiger partial charge in [0.15, 0.2) is 0 Å². The number of benzene rings is 1. The summed E-state index contributed by atoms with van der Waals surface area (Å²) >= 11 is 0. The van der Waals surface area contributed by atoms with Gasteiger partial charge in [0.2, 0.25) is 5.95 Å². The van der Waals surface area contributed by atoms with E-state index in [1.807, 2.05) is 0 Å². The molecule has 188 valence electrons. The number of hydrogen-bond acceptors (Lipinski definition) is 6. The van der Waals surface area contributed by atoms with Crippen LogP contribution in [-0.2, 0) is 6.42 Å². The predicted molar refractivity (Wildman–Crippen MR) is 120 cm³/mol. The van der Waals surface area contributed by atoms with E-state index < -0.39 is 30.8 Å². The van der Waals surface area contributed by atoms with Gasteiger partial charge in [0.1, 0.15) is 5.82 Å². The van der Waals surface area contributed by atoms with Crippen molar-refractivity contribution in [3.63, 3.8) is 0 Å². The number of aromatic nitrogens is 4. The first kappa shape index (κ1) is 23.9. The van der Waals surface area contributed by atoms with E-state index in [0.29, 0.717) is 46.5 Å². The van der Waals surface area contributed by atoms with Crippen molar-refractivity contribution in [1.29, 1.82) is 0 Å². The molecule has 4 heterocycles. The molecule has 0 aliphatic carbocycles. The average Bonchev–Trinajstić information content (AvgIpc) is 3.17. The molecule has 35 heavy (non-hydrogen) atoms. The number of anilines is 1. The number of rotatable bonds is 7. The number of likely N-dealkylation sites (tertiary alicyclic amines) is 1. The van der Waals surface area contributed by atoms with Gasteiger partial charge in [-0.25, -0.2) is 4.98 Å². The molecular formula is C23H26F5N7. The predicted octanol–water partition coefficient (Wildman–Crippen LogP) is 3.85. The maximum atomic E-state index is 14.5. The zero-order valence-electron chi connectivity index (χ0n) is 19.1. The van der Waals surface area contributed by atoms with Gasteiger partial charge in [0.05, 0.1) is 54.3 Å². The van der Waals surface area contributed by atoms with Crippen LogP contribution in [0.3, 0.4) is 0 Å². The van der Waals surface area contributed by atoms with Crippen molar-refractivity contribution in [1.82, 2.24) is 30.0 Å². The molecular weight excluding hydrogens is 469 g/mol. The summed E-state index contributed by atoms with van der Waals surface area (Å²) in [6.45, 7) is 2.48. The Morgan fingerprint density at radius 2 is 1.97 bits per heavy atom. The third kappa shape index (κ3) is 4.81. The highest BCUT2D eigenvalue weighted by molar-refractivity contribution is 5.84. The summed E-state index contributed by atoms with van der Waals surface area (Å²) in [5, 5.41) is 9.83. The van der Waals surface area contributed by atoms with Crippen molar-refractivity contribution in [2.45, 2.75) is 44.1 Å². The zero-order chi connectivity index (χ0) is 24.7. The van der Waals surface area contributed by atoms with Crippen LogP contribution in [0, 0.1) is 5.95 Å². The van der Waals surface area contributed by atoms with Crippen molar-refractivity contribution in [3.05, 3.63) is 47.3 Å². The molecule has 1 fully saturated rings. The van der Waals surface area contributed by atoms with Gasteiger partial charge in [0.25, 0.3) is 0 Å². The van der Waals surface area contributed by atoms with E-state index in [1.54, 1.807) is 19.1 Å². The highest BCUT2D eigenvalue weighted by Crippen LogP contribution is 2.41. The van der Waals surface area contributed by atoms with Crippen LogP contribution >= 0.6 is 0 Å². The molecule has 3 aromatic rings. The summed E-state index contributed by atoms with van der Waals surface area (Å²) in [6.07, 6.45) is -0.660. The Labute approximate surface area is 198 Å². The van der Waals surface area contributed by atoms with Gasteiger partial charge in [-0.3, -0.25) is 24.3 Å². The fraction of sp³-hybridized carbons (Fsp3) is 0.522. The smallest absolute Gasteiger partial charge is 0.363 e. The molecule has 0 amide bonds. The largest absolute Gasteiger partial charge is 0.401 e. The lowest BCUT2D eigenvalue weighted by Crippen LogP contribution is -2.54. The van der Waals surface area contributed by atoms with Crippen LogP contribution in [0.25, 0.3) is 10.9 Å². The number of fused-ring (bicyclic) bond motifs is 3. The van der Waals surface area contributed by atoms with Crippen molar-refractivity contribution in [2.24, 2.45) is 0 Å². The second-order valence-corrected chi connectivity index (χ2v) is 9.28. The topological polar surface area (TPSA) is 73.0 Å². The molecule has 2 atom stereocenters. The second-order valence-electron chi connectivity index (χ2n) is 9.28. The van der Waals surface area contributed by atoms with E-state index in [-0.39, 0.29) is 19.1 Å². The molecule has 7 nitrogen and oxygen atoms in total. The number of aromatic amines is 1. The second kappa shape index (κ2) is 9.30. The molecule has 2 aliphatic rings. The average molecular weight is 496 g/mol. The van der Waals surface area contributed by atoms with E-state index in [9.17, 15) is 22.0 Å². The van der Waals surface area contributed by atoms with Crippen molar-refractivity contribution in [3.8, 4) is 0 Å². The highest BCUT2D eigenvalue weighted by atomic mass is 19.4. The third-order valence-corrected chi connectivity index (χ3v) is 6.75. The van der Waals surface area contributed by atoms with Gasteiger partial charge < -0.3 is 5.32 Å². The molecule has 2 aromatic heterocycles. The molecule has 2 aliphatic heterocycles. The Bertz CT molecular complexity index is 1170. The molecule has 0 saturated carbocycles. The molecule has 0 radical (unpaired) electrons. The monoisotopic (exact) mass is 495 g/mol. The number of nitrogens with one attached hydrogen (secondary N) is 2. The Balaban J connectivity index is 1.43. The van der Waals surface area contributed by atoms with E-state index in [0.717, 1.165) is 13.1 Å². The highest BCUT2D eigenvalue weighted by Gasteiger charge is 2.42. The first-order chi connectivity index (χ1) is 16.7. The summed E-state index contributed by atoms with van der Waals surface area (Å²) in [5.41, 5.74) is 2.06. The van der Waals surface area contributed by atoms with Crippen LogP contribution < -0.4 is 5.32 Å². The quantitative estimate of drug-likeness (QED) is 0.486. The van der Waals surface area contributed by atoms with E-state index in [2.05, 4.69) is 30.4 Å². The van der Waals surface area contributed by atoms with Gasteiger partial charge in [0, 0.05) is 25.7 Å². The summed E-state index contributed by atoms with van der Waals surface area (Å²) in [6, 6.07) is 2.15. The molecule has 2 N–H and O–H groups in total. The molecule has 1 saturated heterocycles. The zero-order valence-corrected chi connectivity index (χ0v) is 19.1. The Kier molecular flexibility index (Phi) is 6.34. The van der Waals surface area contributed by atoms with Crippen LogP contribution in [-0.4, -0.2) is 81.1 Å². The summed E-state index contributed by atoms with van der Waals surface area (Å²) < 4.78 is 67.4. The van der Waals surface area contributed by atoms with E-state index in [4.69, 9.17) is 0 Å². The number of alkyl halides is 4. The SMILES string of the molecule is C[C@@H]1Cc2c(ccc3[nH]nc(F)c23)C(c2cnc(NC3CN(CCCF)C3)cn2)N1CC(F)(F)F. The Hall–Kier alpha value is -2.86. The standard InChI is InChI=1S/C23H26F5N7/c1-13-7-16-15(3-4-17-20(16)22(25)33-32-17)21(35(13)12-23(26,27)28)18-8-30-19(9-29-18)31-14-10-34(11-14)6-2-5-24/h3-4,8-9,13-14,21H,2,5-7,10-12H2,1H3,(H,30,31)(H,32,33)/t13-,21?/m1/s1. The minimum atomic E-state index is -4.41. The first-order valence-electron chi connectivity index (χ1n) is 11.6. The van der Waals surface area contributed by atoms with E-state index in [1.165, 1.54) is 17.3 Å². The lowest BCUT2D eigenvalue weighted by atomic mass is 9.85. The number of hydrogen-bond donors (Lipinski definition) is 2. The fourth-order valence-corrected chi connectivity index (χ4v) is 5.15. The van der Waals surface area contributed by atoms with Crippen molar-refractivity contribution < 1.29 is 22.0 Å². The molecule has 0 bridgehead atoms. The van der Waals surface area contributed by atoms with E-state index >= 15 is 0 Å². The number of halogens is 5. The van der Waals surface area contributed by atoms with Gasteiger partial charge in [-0.05, 0) is 37.0 Å². The van der Waals surface area contributed by atoms with Crippen LogP contribution in [0.15, 0.2) is 24.5 Å². The lowest BCUT2D eigenvalue weighted by Gasteiger charge is -2.42. The fourth-order valence-electron chi connectivity index (χ4n) is 5.15. The van der Waals surface area contributed by atoms with Gasteiger partial charge >= 0.3 is 6.18 Å². The molecule has 12 heteroatoms. The van der Waals surface area contributed by atoms with Crippen LogP contribution in [0.1, 0.15) is 36.2 Å². The molecule has 1 aromatic carbocycles. The summed E-state index contributed by atoms with van der Waals surface area (Å²) in [7, 11) is 0. The molecule has 1 unspecified atom stereocenters. The van der Waals surface area contributed by atoms with Crippen molar-refractivity contribution >= 4 is 16.7 Å². The normalized spacial score (nSPS) is 21.8. The third-order valence-electron chi connectivity index (χ3n) is 6.75. The van der Waals surface area contributed by atoms with Crippen molar-refractivity contribution in [2.75, 3.05) is 38.2 Å². The maximum absolute atomic E-state index is 14.5. The minimum absolute atomic E-state index is 0.157. The van der Waals surface area contributed by atoms with Crippen LogP contribution in [0.2, 0.25) is 0 Å². The van der Waals surface area contributed by atoms with Crippen LogP contribution in [0.4, 0.5) is 27.8 Å².